The number of nitrogens with zero attached hydrogens (tertiary/aromatic N) is 3. The Bertz CT molecular complexity index is 1680. The van der Waals surface area contributed by atoms with Crippen LogP contribution in [-0.4, -0.2) is 62.7 Å². The minimum atomic E-state index is -2.96. The van der Waals surface area contributed by atoms with Crippen LogP contribution in [0, 0.1) is 17.2 Å². The van der Waals surface area contributed by atoms with Crippen molar-refractivity contribution in [3.63, 3.8) is 0 Å². The van der Waals surface area contributed by atoms with Gasteiger partial charge in [0.05, 0.1) is 28.1 Å². The number of nitriles is 1. The Labute approximate surface area is 255 Å². The molecular weight excluding hydrogens is 585 g/mol. The maximum absolute atomic E-state index is 13.6. The van der Waals surface area contributed by atoms with Crippen molar-refractivity contribution in [2.75, 3.05) is 42.7 Å². The number of anilines is 1. The minimum absolute atomic E-state index is 0.0426. The fraction of sp³-hybridized carbons (Fsp3) is 0.469. The predicted octanol–water partition coefficient (Wildman–Crippen LogP) is 4.93. The van der Waals surface area contributed by atoms with Crippen LogP contribution < -0.4 is 19.7 Å². The molecule has 0 spiro atoms. The normalized spacial score (nSPS) is 23.7. The number of carbonyl (C=O) groups is 1. The number of hydrogen-bond donors (Lipinski definition) is 1. The molecule has 1 amide bonds. The highest BCUT2D eigenvalue weighted by Crippen LogP contribution is 2.47. The van der Waals surface area contributed by atoms with Gasteiger partial charge in [0.2, 0.25) is 5.91 Å². The van der Waals surface area contributed by atoms with Crippen LogP contribution in [0.4, 0.5) is 5.69 Å². The molecule has 2 aliphatic carbocycles. The second-order valence-electron chi connectivity index (χ2n) is 12.0. The SMILES string of the molecule is N#CC1(NC(=O)[C@@H]2CCCC[C@H]2c2nc(-c3ccc4c(c3)OCCO4)sc2-c2ccc(N3CCS(=O)(=O)CC3)cc2)CC1. The van der Waals surface area contributed by atoms with Crippen LogP contribution in [-0.2, 0) is 14.6 Å². The lowest BCUT2D eigenvalue weighted by atomic mass is 9.76. The summed E-state index contributed by atoms with van der Waals surface area (Å²) in [5, 5.41) is 13.5. The highest BCUT2D eigenvalue weighted by molar-refractivity contribution is 7.91. The number of fused-ring (bicyclic) bond motifs is 1. The number of benzene rings is 2. The van der Waals surface area contributed by atoms with Crippen molar-refractivity contribution in [1.82, 2.24) is 10.3 Å². The summed E-state index contributed by atoms with van der Waals surface area (Å²) in [6, 6.07) is 16.5. The van der Waals surface area contributed by atoms with Gasteiger partial charge in [0.25, 0.3) is 0 Å². The zero-order valence-electron chi connectivity index (χ0n) is 23.9. The number of aromatic nitrogens is 1. The summed E-state index contributed by atoms with van der Waals surface area (Å²) >= 11 is 1.61. The van der Waals surface area contributed by atoms with Crippen LogP contribution in [0.5, 0.6) is 11.5 Å². The molecule has 4 aliphatic rings. The number of thiazole rings is 1. The van der Waals surface area contributed by atoms with E-state index in [1.165, 1.54) is 0 Å². The summed E-state index contributed by atoms with van der Waals surface area (Å²) in [6.45, 7) is 2.01. The third kappa shape index (κ3) is 5.70. The highest BCUT2D eigenvalue weighted by Gasteiger charge is 2.47. The van der Waals surface area contributed by atoms with Crippen LogP contribution in [0.1, 0.15) is 50.1 Å². The van der Waals surface area contributed by atoms with Gasteiger partial charge in [-0.2, -0.15) is 5.26 Å². The van der Waals surface area contributed by atoms with Gasteiger partial charge in [-0.25, -0.2) is 13.4 Å². The Hall–Kier alpha value is -3.62. The third-order valence-corrected chi connectivity index (χ3v) is 11.8. The molecule has 7 rings (SSSR count). The lowest BCUT2D eigenvalue weighted by Crippen LogP contribution is -2.42. The monoisotopic (exact) mass is 618 g/mol. The van der Waals surface area contributed by atoms with Gasteiger partial charge in [-0.1, -0.05) is 25.0 Å². The van der Waals surface area contributed by atoms with E-state index in [-0.39, 0.29) is 29.2 Å². The number of amides is 1. The molecule has 3 aromatic rings. The van der Waals surface area contributed by atoms with Crippen molar-refractivity contribution >= 4 is 32.8 Å². The summed E-state index contributed by atoms with van der Waals surface area (Å²) in [5.41, 5.74) is 3.17. The van der Waals surface area contributed by atoms with Crippen molar-refractivity contribution < 1.29 is 22.7 Å². The topological polar surface area (TPSA) is 122 Å². The molecule has 0 bridgehead atoms. The fourth-order valence-electron chi connectivity index (χ4n) is 6.37. The third-order valence-electron chi connectivity index (χ3n) is 9.06. The van der Waals surface area contributed by atoms with E-state index in [0.29, 0.717) is 44.9 Å². The first-order chi connectivity index (χ1) is 20.8. The quantitative estimate of drug-likeness (QED) is 0.413. The van der Waals surface area contributed by atoms with E-state index in [1.807, 2.05) is 18.2 Å². The lowest BCUT2D eigenvalue weighted by Gasteiger charge is -2.31. The number of rotatable bonds is 6. The second-order valence-corrected chi connectivity index (χ2v) is 15.3. The molecule has 0 radical (unpaired) electrons. The number of nitrogens with one attached hydrogen (secondary N) is 1. The largest absolute Gasteiger partial charge is 0.486 e. The number of hydrogen-bond acceptors (Lipinski definition) is 9. The Morgan fingerprint density at radius 3 is 2.42 bits per heavy atom. The van der Waals surface area contributed by atoms with Gasteiger partial charge in [0.15, 0.2) is 21.3 Å². The zero-order chi connectivity index (χ0) is 29.6. The zero-order valence-corrected chi connectivity index (χ0v) is 25.5. The molecule has 1 N–H and O–H groups in total. The standard InChI is InChI=1S/C32H34N4O5S2/c33-20-32(11-12-32)35-30(37)25-4-2-1-3-24(25)28-29(21-5-8-23(9-6-21)36-13-17-43(38,39)18-14-36)42-31(34-28)22-7-10-26-27(19-22)41-16-15-40-26/h5-10,19,24-25H,1-4,11-18H2,(H,35,37)/t24-,25-/m1/s1. The van der Waals surface area contributed by atoms with Gasteiger partial charge < -0.3 is 19.7 Å². The van der Waals surface area contributed by atoms with E-state index >= 15 is 0 Å². The second kappa shape index (κ2) is 11.1. The molecule has 2 aromatic carbocycles. The average molecular weight is 619 g/mol. The van der Waals surface area contributed by atoms with Crippen LogP contribution >= 0.6 is 11.3 Å². The lowest BCUT2D eigenvalue weighted by molar-refractivity contribution is -0.127. The molecule has 11 heteroatoms. The van der Waals surface area contributed by atoms with Gasteiger partial charge in [0.1, 0.15) is 23.8 Å². The summed E-state index contributed by atoms with van der Waals surface area (Å²) in [5.74, 6) is 1.42. The van der Waals surface area contributed by atoms with Crippen LogP contribution in [0.25, 0.3) is 21.0 Å². The molecule has 2 saturated carbocycles. The van der Waals surface area contributed by atoms with Crippen molar-refractivity contribution in [2.24, 2.45) is 5.92 Å². The Morgan fingerprint density at radius 1 is 1.00 bits per heavy atom. The molecule has 1 aromatic heterocycles. The van der Waals surface area contributed by atoms with Crippen molar-refractivity contribution in [3.05, 3.63) is 48.2 Å². The van der Waals surface area contributed by atoms with Crippen molar-refractivity contribution in [1.29, 1.82) is 5.26 Å². The maximum atomic E-state index is 13.6. The first-order valence-corrected chi connectivity index (χ1v) is 17.7. The molecule has 3 fully saturated rings. The van der Waals surface area contributed by atoms with E-state index in [1.54, 1.807) is 11.3 Å². The van der Waals surface area contributed by atoms with Gasteiger partial charge >= 0.3 is 0 Å². The van der Waals surface area contributed by atoms with Gasteiger partial charge in [0, 0.05) is 36.2 Å². The van der Waals surface area contributed by atoms with E-state index in [4.69, 9.17) is 14.5 Å². The van der Waals surface area contributed by atoms with E-state index in [0.717, 1.165) is 63.8 Å². The van der Waals surface area contributed by atoms with E-state index in [2.05, 4.69) is 40.6 Å². The van der Waals surface area contributed by atoms with Crippen LogP contribution in [0.2, 0.25) is 0 Å². The van der Waals surface area contributed by atoms with Crippen LogP contribution in [0.15, 0.2) is 42.5 Å². The van der Waals surface area contributed by atoms with Crippen molar-refractivity contribution in [3.8, 4) is 38.6 Å². The Balaban J connectivity index is 1.24. The molecule has 0 unspecified atom stereocenters. The maximum Gasteiger partial charge on any atom is 0.225 e. The Morgan fingerprint density at radius 2 is 1.70 bits per heavy atom. The van der Waals surface area contributed by atoms with Gasteiger partial charge in [-0.3, -0.25) is 4.79 Å². The first kappa shape index (κ1) is 28.2. The first-order valence-electron chi connectivity index (χ1n) is 15.0. The van der Waals surface area contributed by atoms with Crippen molar-refractivity contribution in [2.45, 2.75) is 50.0 Å². The number of ether oxygens (including phenoxy) is 2. The molecular formula is C32H34N4O5S2. The molecule has 43 heavy (non-hydrogen) atoms. The summed E-state index contributed by atoms with van der Waals surface area (Å²) < 4.78 is 35.4. The highest BCUT2D eigenvalue weighted by atomic mass is 32.2. The molecule has 224 valence electrons. The summed E-state index contributed by atoms with van der Waals surface area (Å²) in [4.78, 5) is 21.9. The van der Waals surface area contributed by atoms with E-state index in [9.17, 15) is 18.5 Å². The molecule has 9 nitrogen and oxygen atoms in total. The Kier molecular flexibility index (Phi) is 7.30. The molecule has 1 saturated heterocycles. The van der Waals surface area contributed by atoms with Crippen LogP contribution in [0.3, 0.4) is 0 Å². The molecule has 2 aliphatic heterocycles. The van der Waals surface area contributed by atoms with E-state index < -0.39 is 15.4 Å². The minimum Gasteiger partial charge on any atom is -0.486 e. The molecule has 2 atom stereocenters. The summed E-state index contributed by atoms with van der Waals surface area (Å²) in [6.07, 6.45) is 5.03. The van der Waals surface area contributed by atoms with Gasteiger partial charge in [-0.05, 0) is 61.6 Å². The smallest absolute Gasteiger partial charge is 0.225 e. The predicted molar refractivity (Wildman–Crippen MR) is 165 cm³/mol. The number of carbonyl (C=O) groups excluding carboxylic acids is 1. The van der Waals surface area contributed by atoms with Gasteiger partial charge in [-0.15, -0.1) is 11.3 Å². The summed E-state index contributed by atoms with van der Waals surface area (Å²) in [7, 11) is -2.96. The fourth-order valence-corrected chi connectivity index (χ4v) is 8.71. The average Bonchev–Trinajstić information content (AvgIpc) is 3.67. The number of sulfone groups is 1. The molecule has 3 heterocycles.